The van der Waals surface area contributed by atoms with Crippen molar-refractivity contribution < 1.29 is 31.5 Å². The number of sulfonamides is 1. The number of carboxylic acids is 1. The Labute approximate surface area is 127 Å². The Morgan fingerprint density at radius 1 is 1.48 bits per heavy atom. The van der Waals surface area contributed by atoms with Crippen LogP contribution in [0.1, 0.15) is 13.3 Å². The van der Waals surface area contributed by atoms with Gasteiger partial charge in [-0.3, -0.25) is 4.79 Å². The van der Waals surface area contributed by atoms with Gasteiger partial charge in [-0.25, -0.2) is 8.42 Å². The van der Waals surface area contributed by atoms with E-state index in [1.165, 1.54) is 6.07 Å². The maximum Gasteiger partial charge on any atom is 0.389 e. The number of nitrogens with one attached hydrogen (secondary N) is 1. The average Bonchev–Trinajstić information content (AvgIpc) is 2.70. The number of alkyl halides is 3. The molecule has 0 aliphatic rings. The molecule has 0 aromatic carbocycles. The van der Waals surface area contributed by atoms with Crippen molar-refractivity contribution in [3.63, 3.8) is 0 Å². The van der Waals surface area contributed by atoms with Gasteiger partial charge in [0.05, 0.1) is 4.34 Å². The van der Waals surface area contributed by atoms with Gasteiger partial charge >= 0.3 is 12.1 Å². The highest BCUT2D eigenvalue weighted by Crippen LogP contribution is 2.29. The molecule has 2 atom stereocenters. The Kier molecular flexibility index (Phi) is 5.64. The van der Waals surface area contributed by atoms with Crippen molar-refractivity contribution in [2.75, 3.05) is 0 Å². The lowest BCUT2D eigenvalue weighted by atomic mass is 9.99. The molecule has 1 rings (SSSR count). The lowest BCUT2D eigenvalue weighted by molar-refractivity contribution is -0.152. The van der Waals surface area contributed by atoms with Crippen LogP contribution in [0.3, 0.4) is 0 Å². The highest BCUT2D eigenvalue weighted by atomic mass is 35.5. The largest absolute Gasteiger partial charge is 0.480 e. The van der Waals surface area contributed by atoms with Crippen molar-refractivity contribution in [2.45, 2.75) is 29.8 Å². The summed E-state index contributed by atoms with van der Waals surface area (Å²) < 4.78 is 62.4. The van der Waals surface area contributed by atoms with Gasteiger partial charge in [0.25, 0.3) is 10.0 Å². The fraction of sp³-hybridized carbons (Fsp3) is 0.500. The minimum absolute atomic E-state index is 0.158. The molecule has 0 aliphatic heterocycles. The number of carboxylic acid groups (broad SMARTS) is 1. The minimum atomic E-state index is -4.59. The van der Waals surface area contributed by atoms with Gasteiger partial charge < -0.3 is 5.11 Å². The topological polar surface area (TPSA) is 83.5 Å². The molecule has 2 N–H and O–H groups in total. The number of hydrogen-bond acceptors (Lipinski definition) is 4. The molecule has 120 valence electrons. The van der Waals surface area contributed by atoms with Crippen molar-refractivity contribution in [3.8, 4) is 0 Å². The smallest absolute Gasteiger partial charge is 0.389 e. The van der Waals surface area contributed by atoms with Crippen LogP contribution in [0.15, 0.2) is 16.3 Å². The van der Waals surface area contributed by atoms with Crippen LogP contribution in [0.25, 0.3) is 0 Å². The van der Waals surface area contributed by atoms with E-state index in [1.807, 2.05) is 0 Å². The summed E-state index contributed by atoms with van der Waals surface area (Å²) in [6.07, 6.45) is -6.01. The fourth-order valence-corrected chi connectivity index (χ4v) is 4.36. The van der Waals surface area contributed by atoms with Gasteiger partial charge in [-0.1, -0.05) is 18.5 Å². The summed E-state index contributed by atoms with van der Waals surface area (Å²) in [7, 11) is -4.25. The third kappa shape index (κ3) is 5.46. The minimum Gasteiger partial charge on any atom is -0.480 e. The van der Waals surface area contributed by atoms with Gasteiger partial charge in [0.15, 0.2) is 0 Å². The standard InChI is InChI=1S/C10H11ClF3NO4S2/c1-5(4-10(12,13)14)8(9(16)17)15-21(18,19)7-3-2-6(11)20-7/h2-3,5,8,15H,4H2,1H3,(H,16,17)/t5-,8-/m0/s1. The summed E-state index contributed by atoms with van der Waals surface area (Å²) in [6.45, 7) is 1.01. The molecule has 0 radical (unpaired) electrons. The third-order valence-electron chi connectivity index (χ3n) is 2.48. The molecule has 0 aliphatic carbocycles. The number of thiophene rings is 1. The lowest BCUT2D eigenvalue weighted by Gasteiger charge is -2.22. The summed E-state index contributed by atoms with van der Waals surface area (Å²) >= 11 is 6.25. The first-order valence-corrected chi connectivity index (χ1v) is 8.17. The molecule has 0 saturated heterocycles. The van der Waals surface area contributed by atoms with Crippen LogP contribution in [0, 0.1) is 5.92 Å². The first-order valence-electron chi connectivity index (χ1n) is 5.49. The molecular formula is C10H11ClF3NO4S2. The SMILES string of the molecule is C[C@@H](CC(F)(F)F)[C@H](NS(=O)(=O)c1ccc(Cl)s1)C(=O)O. The molecule has 1 aromatic rings. The van der Waals surface area contributed by atoms with Crippen LogP contribution in [0.2, 0.25) is 4.34 Å². The van der Waals surface area contributed by atoms with E-state index in [0.29, 0.717) is 11.3 Å². The molecule has 5 nitrogen and oxygen atoms in total. The van der Waals surface area contributed by atoms with Crippen molar-refractivity contribution >= 4 is 38.9 Å². The molecule has 0 unspecified atom stereocenters. The molecule has 21 heavy (non-hydrogen) atoms. The van der Waals surface area contributed by atoms with Crippen LogP contribution in [-0.4, -0.2) is 31.7 Å². The zero-order valence-corrected chi connectivity index (χ0v) is 12.9. The Morgan fingerprint density at radius 2 is 2.05 bits per heavy atom. The summed E-state index contributed by atoms with van der Waals surface area (Å²) in [5, 5.41) is 8.94. The number of aliphatic carboxylic acids is 1. The third-order valence-corrected chi connectivity index (χ3v) is 5.65. The number of halogens is 4. The van der Waals surface area contributed by atoms with Gasteiger partial charge in [0.2, 0.25) is 0 Å². The Morgan fingerprint density at radius 3 is 2.43 bits per heavy atom. The van der Waals surface area contributed by atoms with Crippen molar-refractivity contribution in [1.29, 1.82) is 0 Å². The number of hydrogen-bond donors (Lipinski definition) is 2. The van der Waals surface area contributed by atoms with Gasteiger partial charge in [-0.15, -0.1) is 11.3 Å². The molecule has 0 spiro atoms. The van der Waals surface area contributed by atoms with Gasteiger partial charge in [-0.2, -0.15) is 17.9 Å². The molecule has 11 heteroatoms. The summed E-state index contributed by atoms with van der Waals surface area (Å²) in [5.74, 6) is -3.15. The predicted molar refractivity (Wildman–Crippen MR) is 70.9 cm³/mol. The summed E-state index contributed by atoms with van der Waals surface area (Å²) in [4.78, 5) is 11.0. The predicted octanol–water partition coefficient (Wildman–Crippen LogP) is 2.72. The van der Waals surface area contributed by atoms with E-state index in [0.717, 1.165) is 13.0 Å². The molecule has 0 fully saturated rings. The van der Waals surface area contributed by atoms with E-state index < -0.39 is 40.5 Å². The molecular weight excluding hydrogens is 355 g/mol. The monoisotopic (exact) mass is 365 g/mol. The summed E-state index contributed by atoms with van der Waals surface area (Å²) in [6, 6.07) is 0.538. The summed E-state index contributed by atoms with van der Waals surface area (Å²) in [5.41, 5.74) is 0. The molecule has 0 bridgehead atoms. The maximum atomic E-state index is 12.3. The van der Waals surface area contributed by atoms with E-state index in [1.54, 1.807) is 4.72 Å². The van der Waals surface area contributed by atoms with Crippen LogP contribution < -0.4 is 4.72 Å². The van der Waals surface area contributed by atoms with Gasteiger partial charge in [0.1, 0.15) is 10.3 Å². The van der Waals surface area contributed by atoms with E-state index >= 15 is 0 Å². The first-order chi connectivity index (χ1) is 9.42. The van der Waals surface area contributed by atoms with E-state index in [-0.39, 0.29) is 8.55 Å². The van der Waals surface area contributed by atoms with Crippen LogP contribution >= 0.6 is 22.9 Å². The molecule has 1 aromatic heterocycles. The molecule has 0 amide bonds. The van der Waals surface area contributed by atoms with E-state index in [4.69, 9.17) is 16.7 Å². The van der Waals surface area contributed by atoms with Crippen LogP contribution in [0.5, 0.6) is 0 Å². The zero-order chi connectivity index (χ0) is 16.4. The highest BCUT2D eigenvalue weighted by molar-refractivity contribution is 7.91. The van der Waals surface area contributed by atoms with Crippen molar-refractivity contribution in [2.24, 2.45) is 5.92 Å². The highest BCUT2D eigenvalue weighted by Gasteiger charge is 2.38. The van der Waals surface area contributed by atoms with Crippen molar-refractivity contribution in [1.82, 2.24) is 4.72 Å². The Bertz CT molecular complexity index is 614. The maximum absolute atomic E-state index is 12.3. The van der Waals surface area contributed by atoms with Gasteiger partial charge in [0, 0.05) is 6.42 Å². The lowest BCUT2D eigenvalue weighted by Crippen LogP contribution is -2.45. The van der Waals surface area contributed by atoms with Gasteiger partial charge in [-0.05, 0) is 18.1 Å². The Balaban J connectivity index is 2.96. The second-order valence-corrected chi connectivity index (χ2v) is 7.95. The first kappa shape index (κ1) is 18.2. The van der Waals surface area contributed by atoms with E-state index in [9.17, 15) is 26.4 Å². The van der Waals surface area contributed by atoms with Crippen molar-refractivity contribution in [3.05, 3.63) is 16.5 Å². The fourth-order valence-electron chi connectivity index (χ4n) is 1.56. The molecule has 0 saturated carbocycles. The normalized spacial score (nSPS) is 15.7. The quantitative estimate of drug-likeness (QED) is 0.812. The zero-order valence-electron chi connectivity index (χ0n) is 10.5. The average molecular weight is 366 g/mol. The van der Waals surface area contributed by atoms with E-state index in [2.05, 4.69) is 0 Å². The second-order valence-electron chi connectivity index (χ2n) is 4.29. The van der Waals surface area contributed by atoms with Crippen LogP contribution in [-0.2, 0) is 14.8 Å². The number of carbonyl (C=O) groups is 1. The van der Waals surface area contributed by atoms with Crippen LogP contribution in [0.4, 0.5) is 13.2 Å². The number of rotatable bonds is 6. The molecule has 1 heterocycles. The Hall–Kier alpha value is -0.840. The second kappa shape index (κ2) is 6.51.